The van der Waals surface area contributed by atoms with E-state index in [1.54, 1.807) is 19.1 Å². The fourth-order valence-corrected chi connectivity index (χ4v) is 3.44. The lowest BCUT2D eigenvalue weighted by atomic mass is 9.87. The van der Waals surface area contributed by atoms with Gasteiger partial charge in [-0.3, -0.25) is 9.59 Å². The summed E-state index contributed by atoms with van der Waals surface area (Å²) in [7, 11) is 3.23. The van der Waals surface area contributed by atoms with Gasteiger partial charge in [0, 0.05) is 37.0 Å². The second-order valence-electron chi connectivity index (χ2n) is 7.01. The first kappa shape index (κ1) is 20.1. The average molecular weight is 362 g/mol. The number of carbonyl (C=O) groups excluding carboxylic acids is 2. The monoisotopic (exact) mass is 362 g/mol. The van der Waals surface area contributed by atoms with Gasteiger partial charge in [-0.05, 0) is 24.6 Å². The summed E-state index contributed by atoms with van der Waals surface area (Å²) in [6.07, 6.45) is 0.875. The SMILES string of the molecule is CCCNC(=O)[C@H]1CN(C(=O)C(C)C)C[C@H]1c1cc(OC)ccc1OC. The molecular weight excluding hydrogens is 332 g/mol. The quantitative estimate of drug-likeness (QED) is 0.809. The van der Waals surface area contributed by atoms with E-state index < -0.39 is 0 Å². The summed E-state index contributed by atoms with van der Waals surface area (Å²) in [6.45, 7) is 7.35. The molecule has 0 spiro atoms. The highest BCUT2D eigenvalue weighted by atomic mass is 16.5. The van der Waals surface area contributed by atoms with Crippen molar-refractivity contribution < 1.29 is 19.1 Å². The first-order valence-corrected chi connectivity index (χ1v) is 9.21. The summed E-state index contributed by atoms with van der Waals surface area (Å²) in [5, 5.41) is 2.98. The molecule has 2 amide bonds. The van der Waals surface area contributed by atoms with Crippen molar-refractivity contribution in [3.8, 4) is 11.5 Å². The third-order valence-corrected chi connectivity index (χ3v) is 4.85. The Bertz CT molecular complexity index is 645. The molecule has 1 aromatic carbocycles. The molecule has 0 bridgehead atoms. The Morgan fingerprint density at radius 2 is 1.96 bits per heavy atom. The Morgan fingerprint density at radius 1 is 1.23 bits per heavy atom. The lowest BCUT2D eigenvalue weighted by molar-refractivity contribution is -0.133. The van der Waals surface area contributed by atoms with Crippen LogP contribution >= 0.6 is 0 Å². The Morgan fingerprint density at radius 3 is 2.54 bits per heavy atom. The molecule has 1 aromatic rings. The van der Waals surface area contributed by atoms with E-state index in [9.17, 15) is 9.59 Å². The maximum Gasteiger partial charge on any atom is 0.225 e. The average Bonchev–Trinajstić information content (AvgIpc) is 3.09. The molecule has 2 rings (SSSR count). The third kappa shape index (κ3) is 4.29. The largest absolute Gasteiger partial charge is 0.497 e. The first-order valence-electron chi connectivity index (χ1n) is 9.21. The maximum absolute atomic E-state index is 12.8. The molecule has 1 N–H and O–H groups in total. The van der Waals surface area contributed by atoms with Gasteiger partial charge in [0.25, 0.3) is 0 Å². The highest BCUT2D eigenvalue weighted by Crippen LogP contribution is 2.39. The predicted molar refractivity (Wildman–Crippen MR) is 100 cm³/mol. The third-order valence-electron chi connectivity index (χ3n) is 4.85. The number of hydrogen-bond acceptors (Lipinski definition) is 4. The molecule has 1 aliphatic rings. The predicted octanol–water partition coefficient (Wildman–Crippen LogP) is 2.43. The van der Waals surface area contributed by atoms with Gasteiger partial charge in [-0.1, -0.05) is 20.8 Å². The molecule has 144 valence electrons. The molecule has 0 radical (unpaired) electrons. The minimum atomic E-state index is -0.301. The number of nitrogens with zero attached hydrogens (tertiary/aromatic N) is 1. The number of likely N-dealkylation sites (tertiary alicyclic amines) is 1. The lowest BCUT2D eigenvalue weighted by Crippen LogP contribution is -2.36. The summed E-state index contributed by atoms with van der Waals surface area (Å²) in [6, 6.07) is 5.59. The molecule has 6 nitrogen and oxygen atoms in total. The van der Waals surface area contributed by atoms with Gasteiger partial charge < -0.3 is 19.7 Å². The van der Waals surface area contributed by atoms with Gasteiger partial charge in [0.2, 0.25) is 11.8 Å². The van der Waals surface area contributed by atoms with E-state index in [2.05, 4.69) is 5.32 Å². The Hall–Kier alpha value is -2.24. The van der Waals surface area contributed by atoms with Crippen molar-refractivity contribution in [1.29, 1.82) is 0 Å². The van der Waals surface area contributed by atoms with E-state index in [1.807, 2.05) is 39.0 Å². The fraction of sp³-hybridized carbons (Fsp3) is 0.600. The van der Waals surface area contributed by atoms with Crippen molar-refractivity contribution in [2.45, 2.75) is 33.1 Å². The molecule has 1 aliphatic heterocycles. The molecule has 26 heavy (non-hydrogen) atoms. The van der Waals surface area contributed by atoms with E-state index in [0.29, 0.717) is 31.1 Å². The first-order chi connectivity index (χ1) is 12.4. The highest BCUT2D eigenvalue weighted by molar-refractivity contribution is 5.84. The molecule has 2 atom stereocenters. The summed E-state index contributed by atoms with van der Waals surface area (Å²) < 4.78 is 10.9. The van der Waals surface area contributed by atoms with Gasteiger partial charge >= 0.3 is 0 Å². The fourth-order valence-electron chi connectivity index (χ4n) is 3.44. The van der Waals surface area contributed by atoms with Gasteiger partial charge in [-0.25, -0.2) is 0 Å². The van der Waals surface area contributed by atoms with Crippen LogP contribution in [0, 0.1) is 11.8 Å². The Balaban J connectivity index is 2.38. The van der Waals surface area contributed by atoms with E-state index in [4.69, 9.17) is 9.47 Å². The van der Waals surface area contributed by atoms with E-state index in [-0.39, 0.29) is 29.6 Å². The molecule has 1 saturated heterocycles. The number of ether oxygens (including phenoxy) is 2. The number of hydrogen-bond donors (Lipinski definition) is 1. The molecule has 1 heterocycles. The van der Waals surface area contributed by atoms with E-state index in [1.165, 1.54) is 0 Å². The van der Waals surface area contributed by atoms with Crippen LogP contribution < -0.4 is 14.8 Å². The standard InChI is InChI=1S/C20H30N2O4/c1-6-9-21-19(23)17-12-22(20(24)13(2)3)11-16(17)15-10-14(25-4)7-8-18(15)26-5/h7-8,10,13,16-17H,6,9,11-12H2,1-5H3,(H,21,23)/t16-,17-/m0/s1. The van der Waals surface area contributed by atoms with E-state index >= 15 is 0 Å². The molecule has 0 saturated carbocycles. The molecule has 0 aliphatic carbocycles. The van der Waals surface area contributed by atoms with Crippen LogP contribution in [0.25, 0.3) is 0 Å². The highest BCUT2D eigenvalue weighted by Gasteiger charge is 2.41. The zero-order valence-corrected chi connectivity index (χ0v) is 16.4. The number of rotatable bonds is 7. The van der Waals surface area contributed by atoms with Gasteiger partial charge in [0.15, 0.2) is 0 Å². The van der Waals surface area contributed by atoms with Crippen LogP contribution in [0.1, 0.15) is 38.7 Å². The van der Waals surface area contributed by atoms with Crippen molar-refractivity contribution in [3.63, 3.8) is 0 Å². The summed E-state index contributed by atoms with van der Waals surface area (Å²) in [5.41, 5.74) is 0.905. The van der Waals surface area contributed by atoms with Crippen LogP contribution in [-0.2, 0) is 9.59 Å². The van der Waals surface area contributed by atoms with Crippen LogP contribution in [0.3, 0.4) is 0 Å². The van der Waals surface area contributed by atoms with Crippen molar-refractivity contribution in [2.75, 3.05) is 33.9 Å². The van der Waals surface area contributed by atoms with Gasteiger partial charge in [0.05, 0.1) is 20.1 Å². The summed E-state index contributed by atoms with van der Waals surface area (Å²) in [5.74, 6) is 0.957. The van der Waals surface area contributed by atoms with Crippen molar-refractivity contribution >= 4 is 11.8 Å². The van der Waals surface area contributed by atoms with Crippen LogP contribution in [0.4, 0.5) is 0 Å². The van der Waals surface area contributed by atoms with Crippen LogP contribution in [0.5, 0.6) is 11.5 Å². The second-order valence-corrected chi connectivity index (χ2v) is 7.01. The normalized spacial score (nSPS) is 19.5. The maximum atomic E-state index is 12.8. The van der Waals surface area contributed by atoms with Crippen molar-refractivity contribution in [1.82, 2.24) is 10.2 Å². The number of methoxy groups -OCH3 is 2. The number of amides is 2. The van der Waals surface area contributed by atoms with E-state index in [0.717, 1.165) is 12.0 Å². The second kappa shape index (κ2) is 8.92. The number of benzene rings is 1. The molecular formula is C20H30N2O4. The summed E-state index contributed by atoms with van der Waals surface area (Å²) in [4.78, 5) is 27.1. The van der Waals surface area contributed by atoms with Gasteiger partial charge in [0.1, 0.15) is 11.5 Å². The van der Waals surface area contributed by atoms with Crippen LogP contribution in [-0.4, -0.2) is 50.6 Å². The van der Waals surface area contributed by atoms with Crippen LogP contribution in [0.15, 0.2) is 18.2 Å². The Labute approximate surface area is 155 Å². The zero-order valence-electron chi connectivity index (χ0n) is 16.4. The van der Waals surface area contributed by atoms with Crippen LogP contribution in [0.2, 0.25) is 0 Å². The smallest absolute Gasteiger partial charge is 0.225 e. The molecule has 6 heteroatoms. The van der Waals surface area contributed by atoms with Crippen molar-refractivity contribution in [3.05, 3.63) is 23.8 Å². The van der Waals surface area contributed by atoms with Crippen molar-refractivity contribution in [2.24, 2.45) is 11.8 Å². The molecule has 1 fully saturated rings. The Kier molecular flexibility index (Phi) is 6.89. The molecule has 0 unspecified atom stereocenters. The number of carbonyl (C=O) groups is 2. The number of nitrogens with one attached hydrogen (secondary N) is 1. The summed E-state index contributed by atoms with van der Waals surface area (Å²) >= 11 is 0. The lowest BCUT2D eigenvalue weighted by Gasteiger charge is -2.21. The topological polar surface area (TPSA) is 67.9 Å². The zero-order chi connectivity index (χ0) is 19.3. The van der Waals surface area contributed by atoms with Gasteiger partial charge in [-0.15, -0.1) is 0 Å². The molecule has 0 aromatic heterocycles. The minimum absolute atomic E-state index is 0.0132. The van der Waals surface area contributed by atoms with Gasteiger partial charge in [-0.2, -0.15) is 0 Å². The minimum Gasteiger partial charge on any atom is -0.497 e.